The van der Waals surface area contributed by atoms with E-state index < -0.39 is 0 Å². The van der Waals surface area contributed by atoms with Crippen LogP contribution in [0.25, 0.3) is 0 Å². The summed E-state index contributed by atoms with van der Waals surface area (Å²) in [6.07, 6.45) is 2.40. The van der Waals surface area contributed by atoms with Crippen molar-refractivity contribution in [1.29, 1.82) is 0 Å². The predicted molar refractivity (Wildman–Crippen MR) is 73.4 cm³/mol. The van der Waals surface area contributed by atoms with Gasteiger partial charge in [0.15, 0.2) is 0 Å². The largest absolute Gasteiger partial charge is 0.496 e. The van der Waals surface area contributed by atoms with Gasteiger partial charge < -0.3 is 14.8 Å². The van der Waals surface area contributed by atoms with Crippen LogP contribution in [0.1, 0.15) is 23.1 Å². The summed E-state index contributed by atoms with van der Waals surface area (Å²) >= 11 is 0. The molecule has 1 atom stereocenters. The second-order valence-electron chi connectivity index (χ2n) is 5.00. The molecule has 1 aromatic rings. The molecule has 3 heteroatoms. The third-order valence-electron chi connectivity index (χ3n) is 3.52. The average molecular weight is 249 g/mol. The van der Waals surface area contributed by atoms with E-state index in [1.165, 1.54) is 16.7 Å². The maximum atomic E-state index is 5.73. The number of morpholine rings is 1. The van der Waals surface area contributed by atoms with E-state index in [1.54, 1.807) is 7.11 Å². The molecule has 0 aromatic heterocycles. The van der Waals surface area contributed by atoms with Crippen molar-refractivity contribution in [2.45, 2.75) is 32.8 Å². The van der Waals surface area contributed by atoms with E-state index >= 15 is 0 Å². The van der Waals surface area contributed by atoms with E-state index in [1.807, 2.05) is 0 Å². The van der Waals surface area contributed by atoms with E-state index in [9.17, 15) is 0 Å². The molecule has 0 amide bonds. The smallest absolute Gasteiger partial charge is 0.122 e. The fourth-order valence-corrected chi connectivity index (χ4v) is 2.57. The third kappa shape index (κ3) is 3.24. The number of hydrogen-bond donors (Lipinski definition) is 1. The molecule has 1 heterocycles. The molecular formula is C15H23NO2. The molecule has 0 bridgehead atoms. The summed E-state index contributed by atoms with van der Waals surface area (Å²) in [5.41, 5.74) is 3.89. The SMILES string of the molecule is COc1cc(C)cc(C)c1CCC1CNCCO1. The van der Waals surface area contributed by atoms with Gasteiger partial charge in [0.1, 0.15) is 5.75 Å². The standard InChI is InChI=1S/C15H23NO2/c1-11-8-12(2)14(15(9-11)17-3)5-4-13-10-16-6-7-18-13/h8-9,13,16H,4-7,10H2,1-3H3. The van der Waals surface area contributed by atoms with Crippen LogP contribution in [0.2, 0.25) is 0 Å². The van der Waals surface area contributed by atoms with Gasteiger partial charge >= 0.3 is 0 Å². The molecule has 0 spiro atoms. The lowest BCUT2D eigenvalue weighted by atomic mass is 9.98. The van der Waals surface area contributed by atoms with Crippen LogP contribution in [0, 0.1) is 13.8 Å². The summed E-state index contributed by atoms with van der Waals surface area (Å²) in [5.74, 6) is 1.01. The number of ether oxygens (including phenoxy) is 2. The second kappa shape index (κ2) is 6.21. The van der Waals surface area contributed by atoms with Gasteiger partial charge in [0.05, 0.1) is 19.8 Å². The zero-order chi connectivity index (χ0) is 13.0. The van der Waals surface area contributed by atoms with Crippen molar-refractivity contribution in [3.63, 3.8) is 0 Å². The fraction of sp³-hybridized carbons (Fsp3) is 0.600. The van der Waals surface area contributed by atoms with Gasteiger partial charge in [-0.1, -0.05) is 6.07 Å². The van der Waals surface area contributed by atoms with Crippen LogP contribution in [-0.2, 0) is 11.2 Å². The normalized spacial score (nSPS) is 19.8. The van der Waals surface area contributed by atoms with Crippen molar-refractivity contribution >= 4 is 0 Å². The Labute approximate surface area is 109 Å². The summed E-state index contributed by atoms with van der Waals surface area (Å²) in [5, 5.41) is 3.37. The molecule has 100 valence electrons. The van der Waals surface area contributed by atoms with Gasteiger partial charge in [-0.2, -0.15) is 0 Å². The molecule has 1 fully saturated rings. The van der Waals surface area contributed by atoms with Gasteiger partial charge in [0, 0.05) is 13.1 Å². The number of aryl methyl sites for hydroxylation is 2. The highest BCUT2D eigenvalue weighted by molar-refractivity contribution is 5.43. The molecule has 1 aliphatic heterocycles. The van der Waals surface area contributed by atoms with Crippen LogP contribution in [0.15, 0.2) is 12.1 Å². The maximum absolute atomic E-state index is 5.73. The van der Waals surface area contributed by atoms with Crippen LogP contribution in [-0.4, -0.2) is 32.9 Å². The van der Waals surface area contributed by atoms with E-state index in [4.69, 9.17) is 9.47 Å². The van der Waals surface area contributed by atoms with Crippen molar-refractivity contribution in [3.8, 4) is 5.75 Å². The Morgan fingerprint density at radius 2 is 2.22 bits per heavy atom. The number of methoxy groups -OCH3 is 1. The lowest BCUT2D eigenvalue weighted by molar-refractivity contribution is 0.0237. The van der Waals surface area contributed by atoms with Gasteiger partial charge in [-0.3, -0.25) is 0 Å². The molecule has 2 rings (SSSR count). The lowest BCUT2D eigenvalue weighted by Gasteiger charge is -2.24. The van der Waals surface area contributed by atoms with Crippen molar-refractivity contribution < 1.29 is 9.47 Å². The Balaban J connectivity index is 2.03. The zero-order valence-electron chi connectivity index (χ0n) is 11.6. The minimum Gasteiger partial charge on any atom is -0.496 e. The monoisotopic (exact) mass is 249 g/mol. The van der Waals surface area contributed by atoms with E-state index in [2.05, 4.69) is 31.3 Å². The van der Waals surface area contributed by atoms with Crippen LogP contribution in [0.5, 0.6) is 5.75 Å². The highest BCUT2D eigenvalue weighted by Gasteiger charge is 2.15. The first-order chi connectivity index (χ1) is 8.70. The zero-order valence-corrected chi connectivity index (χ0v) is 11.6. The Morgan fingerprint density at radius 3 is 2.89 bits per heavy atom. The average Bonchev–Trinajstić information content (AvgIpc) is 2.38. The van der Waals surface area contributed by atoms with E-state index in [0.717, 1.165) is 38.3 Å². The third-order valence-corrected chi connectivity index (χ3v) is 3.52. The summed E-state index contributed by atoms with van der Waals surface area (Å²) < 4.78 is 11.2. The van der Waals surface area contributed by atoms with Gasteiger partial charge in [-0.15, -0.1) is 0 Å². The van der Waals surface area contributed by atoms with Crippen molar-refractivity contribution in [2.75, 3.05) is 26.8 Å². The van der Waals surface area contributed by atoms with Crippen LogP contribution in [0.4, 0.5) is 0 Å². The highest BCUT2D eigenvalue weighted by atomic mass is 16.5. The quantitative estimate of drug-likeness (QED) is 0.887. The molecular weight excluding hydrogens is 226 g/mol. The molecule has 18 heavy (non-hydrogen) atoms. The molecule has 1 aliphatic rings. The van der Waals surface area contributed by atoms with Crippen molar-refractivity contribution in [2.24, 2.45) is 0 Å². The summed E-state index contributed by atoms with van der Waals surface area (Å²) in [7, 11) is 1.75. The van der Waals surface area contributed by atoms with Gasteiger partial charge in [0.25, 0.3) is 0 Å². The lowest BCUT2D eigenvalue weighted by Crippen LogP contribution is -2.38. The van der Waals surface area contributed by atoms with Crippen LogP contribution < -0.4 is 10.1 Å². The van der Waals surface area contributed by atoms with Crippen molar-refractivity contribution in [3.05, 3.63) is 28.8 Å². The molecule has 1 unspecified atom stereocenters. The Bertz CT molecular complexity index is 398. The summed E-state index contributed by atoms with van der Waals surface area (Å²) in [4.78, 5) is 0. The van der Waals surface area contributed by atoms with Gasteiger partial charge in [-0.25, -0.2) is 0 Å². The first-order valence-corrected chi connectivity index (χ1v) is 6.67. The van der Waals surface area contributed by atoms with Gasteiger partial charge in [-0.05, 0) is 49.4 Å². The minimum atomic E-state index is 0.337. The first kappa shape index (κ1) is 13.4. The molecule has 1 aromatic carbocycles. The Hall–Kier alpha value is -1.06. The Morgan fingerprint density at radius 1 is 1.39 bits per heavy atom. The first-order valence-electron chi connectivity index (χ1n) is 6.67. The molecule has 1 saturated heterocycles. The number of rotatable bonds is 4. The molecule has 0 radical (unpaired) electrons. The minimum absolute atomic E-state index is 0.337. The number of hydrogen-bond acceptors (Lipinski definition) is 3. The number of nitrogens with one attached hydrogen (secondary N) is 1. The van der Waals surface area contributed by atoms with Crippen molar-refractivity contribution in [1.82, 2.24) is 5.32 Å². The predicted octanol–water partition coefficient (Wildman–Crippen LogP) is 2.23. The Kier molecular flexibility index (Phi) is 4.61. The molecule has 0 saturated carbocycles. The topological polar surface area (TPSA) is 30.5 Å². The molecule has 0 aliphatic carbocycles. The van der Waals surface area contributed by atoms with Gasteiger partial charge in [0.2, 0.25) is 0 Å². The van der Waals surface area contributed by atoms with Crippen LogP contribution >= 0.6 is 0 Å². The highest BCUT2D eigenvalue weighted by Crippen LogP contribution is 2.26. The molecule has 3 nitrogen and oxygen atoms in total. The van der Waals surface area contributed by atoms with E-state index in [-0.39, 0.29) is 0 Å². The fourth-order valence-electron chi connectivity index (χ4n) is 2.57. The number of benzene rings is 1. The summed E-state index contributed by atoms with van der Waals surface area (Å²) in [6.45, 7) is 7.03. The second-order valence-corrected chi connectivity index (χ2v) is 5.00. The van der Waals surface area contributed by atoms with E-state index in [0.29, 0.717) is 6.10 Å². The summed E-state index contributed by atoms with van der Waals surface area (Å²) in [6, 6.07) is 4.33. The molecule has 1 N–H and O–H groups in total. The van der Waals surface area contributed by atoms with Crippen LogP contribution in [0.3, 0.4) is 0 Å². The maximum Gasteiger partial charge on any atom is 0.122 e.